The number of rotatable bonds is 6. The average Bonchev–Trinajstić information content (AvgIpc) is 3.30. The van der Waals surface area contributed by atoms with E-state index < -0.39 is 4.92 Å². The van der Waals surface area contributed by atoms with Gasteiger partial charge in [0.15, 0.2) is 0 Å². The molecule has 3 aromatic rings. The van der Waals surface area contributed by atoms with Gasteiger partial charge in [-0.3, -0.25) is 15.0 Å². The third-order valence-electron chi connectivity index (χ3n) is 5.24. The molecular weight excluding hydrogens is 356 g/mol. The molecule has 4 rings (SSSR count). The lowest BCUT2D eigenvalue weighted by Gasteiger charge is -2.21. The first kappa shape index (κ1) is 17.9. The van der Waals surface area contributed by atoms with Crippen LogP contribution in [-0.2, 0) is 6.42 Å². The second kappa shape index (κ2) is 7.66. The molecule has 1 aliphatic heterocycles. The van der Waals surface area contributed by atoms with Crippen LogP contribution in [0.3, 0.4) is 0 Å². The van der Waals surface area contributed by atoms with Crippen molar-refractivity contribution in [1.82, 2.24) is 14.9 Å². The molecule has 1 atom stereocenters. The van der Waals surface area contributed by atoms with E-state index in [1.165, 1.54) is 17.8 Å². The number of H-pyrrole nitrogens is 1. The number of hydrogen-bond acceptors (Lipinski definition) is 6. The molecule has 0 saturated carbocycles. The van der Waals surface area contributed by atoms with Gasteiger partial charge in [-0.25, -0.2) is 4.98 Å². The standard InChI is InChI=1S/C20H20N6O2/c21-7-10-25-9-2-3-16(25)11-14-13-23-18-6-5-15(12-17(14)18)24-20-19(26(27)28)4-1-8-22-20/h1,4-6,8,12-13,16,23H,2-3,9-11H2,(H,22,24)/t16-/m1/s1. The molecule has 0 aliphatic carbocycles. The number of pyridine rings is 1. The van der Waals surface area contributed by atoms with Crippen molar-refractivity contribution in [2.45, 2.75) is 25.3 Å². The third kappa shape index (κ3) is 3.52. The molecule has 0 radical (unpaired) electrons. The molecule has 0 spiro atoms. The van der Waals surface area contributed by atoms with Crippen LogP contribution in [0.2, 0.25) is 0 Å². The Balaban J connectivity index is 1.60. The molecule has 2 aromatic heterocycles. The number of nitrogens with one attached hydrogen (secondary N) is 2. The summed E-state index contributed by atoms with van der Waals surface area (Å²) in [6, 6.07) is 11.4. The fraction of sp³-hybridized carbons (Fsp3) is 0.300. The van der Waals surface area contributed by atoms with Gasteiger partial charge in [0.2, 0.25) is 5.82 Å². The van der Waals surface area contributed by atoms with Crippen LogP contribution in [0.1, 0.15) is 18.4 Å². The largest absolute Gasteiger partial charge is 0.361 e. The van der Waals surface area contributed by atoms with Crippen LogP contribution < -0.4 is 5.32 Å². The van der Waals surface area contributed by atoms with Crippen LogP contribution in [0.25, 0.3) is 10.9 Å². The number of nitro groups is 1. The van der Waals surface area contributed by atoms with Gasteiger partial charge in [0, 0.05) is 41.1 Å². The highest BCUT2D eigenvalue weighted by molar-refractivity contribution is 5.87. The molecule has 8 nitrogen and oxygen atoms in total. The number of nitrogens with zero attached hydrogens (tertiary/aromatic N) is 4. The van der Waals surface area contributed by atoms with E-state index >= 15 is 0 Å². The molecule has 28 heavy (non-hydrogen) atoms. The third-order valence-corrected chi connectivity index (χ3v) is 5.24. The first-order valence-electron chi connectivity index (χ1n) is 9.23. The van der Waals surface area contributed by atoms with Gasteiger partial charge in [0.05, 0.1) is 17.5 Å². The minimum atomic E-state index is -0.445. The van der Waals surface area contributed by atoms with Crippen molar-refractivity contribution in [1.29, 1.82) is 5.26 Å². The summed E-state index contributed by atoms with van der Waals surface area (Å²) in [5, 5.41) is 24.4. The van der Waals surface area contributed by atoms with Crippen molar-refractivity contribution in [2.75, 3.05) is 18.4 Å². The van der Waals surface area contributed by atoms with Crippen molar-refractivity contribution in [3.05, 3.63) is 58.4 Å². The van der Waals surface area contributed by atoms with Crippen molar-refractivity contribution >= 4 is 28.1 Å². The Morgan fingerprint density at radius 1 is 1.43 bits per heavy atom. The predicted octanol–water partition coefficient (Wildman–Crippen LogP) is 3.75. The summed E-state index contributed by atoms with van der Waals surface area (Å²) in [7, 11) is 0. The maximum atomic E-state index is 11.2. The molecule has 0 amide bonds. The Bertz CT molecular complexity index is 1050. The van der Waals surface area contributed by atoms with Gasteiger partial charge in [-0.1, -0.05) is 0 Å². The van der Waals surface area contributed by atoms with Gasteiger partial charge in [-0.15, -0.1) is 0 Å². The topological polar surface area (TPSA) is 111 Å². The summed E-state index contributed by atoms with van der Waals surface area (Å²) >= 11 is 0. The highest BCUT2D eigenvalue weighted by Gasteiger charge is 2.25. The summed E-state index contributed by atoms with van der Waals surface area (Å²) in [6.45, 7) is 1.43. The zero-order valence-electron chi connectivity index (χ0n) is 15.3. The molecule has 1 aromatic carbocycles. The van der Waals surface area contributed by atoms with E-state index in [0.29, 0.717) is 12.6 Å². The normalized spacial score (nSPS) is 16.9. The van der Waals surface area contributed by atoms with Gasteiger partial charge < -0.3 is 10.3 Å². The molecule has 0 unspecified atom stereocenters. The zero-order valence-corrected chi connectivity index (χ0v) is 15.3. The maximum absolute atomic E-state index is 11.2. The van der Waals surface area contributed by atoms with Crippen LogP contribution in [0.15, 0.2) is 42.7 Å². The van der Waals surface area contributed by atoms with E-state index in [2.05, 4.69) is 26.3 Å². The smallest absolute Gasteiger partial charge is 0.311 e. The SMILES string of the molecule is N#CCN1CCC[C@@H]1Cc1c[nH]c2ccc(Nc3ncccc3[N+](=O)[O-])cc12. The monoisotopic (exact) mass is 376 g/mol. The lowest BCUT2D eigenvalue weighted by atomic mass is 10.0. The molecule has 8 heteroatoms. The Hall–Kier alpha value is -3.44. The number of aromatic nitrogens is 2. The summed E-state index contributed by atoms with van der Waals surface area (Å²) in [5.41, 5.74) is 2.88. The second-order valence-corrected chi connectivity index (χ2v) is 6.96. The maximum Gasteiger partial charge on any atom is 0.311 e. The fourth-order valence-corrected chi connectivity index (χ4v) is 3.88. The van der Waals surface area contributed by atoms with E-state index in [-0.39, 0.29) is 11.5 Å². The van der Waals surface area contributed by atoms with Crippen molar-refractivity contribution < 1.29 is 4.92 Å². The van der Waals surface area contributed by atoms with Crippen molar-refractivity contribution in [3.8, 4) is 6.07 Å². The van der Waals surface area contributed by atoms with E-state index in [1.807, 2.05) is 24.4 Å². The average molecular weight is 376 g/mol. The van der Waals surface area contributed by atoms with E-state index in [1.54, 1.807) is 6.07 Å². The number of nitriles is 1. The van der Waals surface area contributed by atoms with Crippen molar-refractivity contribution in [3.63, 3.8) is 0 Å². The molecule has 2 N–H and O–H groups in total. The highest BCUT2D eigenvalue weighted by atomic mass is 16.6. The Morgan fingerprint density at radius 2 is 2.32 bits per heavy atom. The quantitative estimate of drug-likeness (QED) is 0.385. The molecule has 1 aliphatic rings. The first-order valence-corrected chi connectivity index (χ1v) is 9.23. The number of fused-ring (bicyclic) bond motifs is 1. The fourth-order valence-electron chi connectivity index (χ4n) is 3.88. The lowest BCUT2D eigenvalue weighted by molar-refractivity contribution is -0.384. The Labute approximate surface area is 162 Å². The molecule has 142 valence electrons. The number of likely N-dealkylation sites (tertiary alicyclic amines) is 1. The summed E-state index contributed by atoms with van der Waals surface area (Å²) in [4.78, 5) is 20.4. The van der Waals surface area contributed by atoms with Crippen LogP contribution >= 0.6 is 0 Å². The van der Waals surface area contributed by atoms with Gasteiger partial charge in [0.25, 0.3) is 0 Å². The highest BCUT2D eigenvalue weighted by Crippen LogP contribution is 2.30. The number of aromatic amines is 1. The van der Waals surface area contributed by atoms with Crippen LogP contribution in [-0.4, -0.2) is 38.9 Å². The molecule has 3 heterocycles. The minimum Gasteiger partial charge on any atom is -0.361 e. The summed E-state index contributed by atoms with van der Waals surface area (Å²) in [6.07, 6.45) is 6.62. The van der Waals surface area contributed by atoms with Crippen molar-refractivity contribution in [2.24, 2.45) is 0 Å². The van der Waals surface area contributed by atoms with Crippen LogP contribution in [0.5, 0.6) is 0 Å². The minimum absolute atomic E-state index is 0.0602. The molecule has 0 bridgehead atoms. The second-order valence-electron chi connectivity index (χ2n) is 6.96. The molecule has 1 fully saturated rings. The molecular formula is C20H20N6O2. The predicted molar refractivity (Wildman–Crippen MR) is 106 cm³/mol. The Morgan fingerprint density at radius 3 is 3.14 bits per heavy atom. The lowest BCUT2D eigenvalue weighted by Crippen LogP contribution is -2.31. The van der Waals surface area contributed by atoms with Crippen LogP contribution in [0.4, 0.5) is 17.2 Å². The van der Waals surface area contributed by atoms with Gasteiger partial charge in [-0.05, 0) is 55.6 Å². The molecule has 1 saturated heterocycles. The van der Waals surface area contributed by atoms with E-state index in [9.17, 15) is 10.1 Å². The first-order chi connectivity index (χ1) is 13.7. The number of benzene rings is 1. The van der Waals surface area contributed by atoms with E-state index in [4.69, 9.17) is 5.26 Å². The van der Waals surface area contributed by atoms with Gasteiger partial charge in [-0.2, -0.15) is 5.26 Å². The summed E-state index contributed by atoms with van der Waals surface area (Å²) in [5.74, 6) is 0.222. The number of hydrogen-bond donors (Lipinski definition) is 2. The van der Waals surface area contributed by atoms with E-state index in [0.717, 1.165) is 42.4 Å². The summed E-state index contributed by atoms with van der Waals surface area (Å²) < 4.78 is 0. The Kier molecular flexibility index (Phi) is 4.91. The van der Waals surface area contributed by atoms with Gasteiger partial charge in [0.1, 0.15) is 0 Å². The zero-order chi connectivity index (χ0) is 19.5. The van der Waals surface area contributed by atoms with Gasteiger partial charge >= 0.3 is 5.69 Å². The van der Waals surface area contributed by atoms with Crippen LogP contribution in [0, 0.1) is 21.4 Å². The number of anilines is 2.